The van der Waals surface area contributed by atoms with E-state index >= 15 is 0 Å². The van der Waals surface area contributed by atoms with Crippen LogP contribution in [0.5, 0.6) is 0 Å². The highest BCUT2D eigenvalue weighted by molar-refractivity contribution is 5.14. The molecule has 2 nitrogen and oxygen atoms in total. The summed E-state index contributed by atoms with van der Waals surface area (Å²) in [7, 11) is 0. The second-order valence-electron chi connectivity index (χ2n) is 4.02. The molecule has 1 aromatic rings. The van der Waals surface area contributed by atoms with Crippen LogP contribution in [0.4, 0.5) is 0 Å². The second-order valence-corrected chi connectivity index (χ2v) is 4.02. The molecule has 1 heterocycles. The number of aliphatic hydroxyl groups is 1. The molecule has 76 valence electrons. The Morgan fingerprint density at radius 2 is 2.07 bits per heavy atom. The number of likely N-dealkylation sites (tertiary alicyclic amines) is 1. The summed E-state index contributed by atoms with van der Waals surface area (Å²) in [5, 5.41) is 9.52. The molecular weight excluding hydrogens is 174 g/mol. The zero-order valence-corrected chi connectivity index (χ0v) is 8.39. The average Bonchev–Trinajstić information content (AvgIpc) is 2.19. The van der Waals surface area contributed by atoms with Crippen LogP contribution in [-0.4, -0.2) is 29.2 Å². The van der Waals surface area contributed by atoms with Gasteiger partial charge < -0.3 is 5.11 Å². The van der Waals surface area contributed by atoms with Crippen molar-refractivity contribution in [1.29, 1.82) is 0 Å². The van der Waals surface area contributed by atoms with Crippen LogP contribution in [0.25, 0.3) is 0 Å². The van der Waals surface area contributed by atoms with Gasteiger partial charge in [-0.1, -0.05) is 30.3 Å². The number of benzene rings is 1. The smallest absolute Gasteiger partial charge is 0.0667 e. The molecule has 1 fully saturated rings. The van der Waals surface area contributed by atoms with E-state index in [0.29, 0.717) is 0 Å². The van der Waals surface area contributed by atoms with Crippen LogP contribution >= 0.6 is 0 Å². The monoisotopic (exact) mass is 191 g/mol. The molecule has 1 aromatic carbocycles. The third kappa shape index (κ3) is 2.56. The summed E-state index contributed by atoms with van der Waals surface area (Å²) in [5.41, 5.74) is 1.33. The molecular formula is C12H17NO. The molecule has 0 spiro atoms. The lowest BCUT2D eigenvalue weighted by Gasteiger charge is -2.29. The topological polar surface area (TPSA) is 23.5 Å². The first-order valence-corrected chi connectivity index (χ1v) is 5.29. The summed E-state index contributed by atoms with van der Waals surface area (Å²) in [6, 6.07) is 10.4. The van der Waals surface area contributed by atoms with Gasteiger partial charge in [0.1, 0.15) is 0 Å². The summed E-state index contributed by atoms with van der Waals surface area (Å²) in [6.45, 7) is 2.92. The van der Waals surface area contributed by atoms with Gasteiger partial charge in [-0.2, -0.15) is 0 Å². The summed E-state index contributed by atoms with van der Waals surface area (Å²) in [5.74, 6) is 0. The van der Waals surface area contributed by atoms with Crippen LogP contribution in [-0.2, 0) is 6.54 Å². The Hall–Kier alpha value is -0.860. The van der Waals surface area contributed by atoms with Crippen molar-refractivity contribution >= 4 is 0 Å². The Balaban J connectivity index is 1.91. The third-order valence-electron chi connectivity index (χ3n) is 2.73. The van der Waals surface area contributed by atoms with Crippen molar-refractivity contribution in [2.75, 3.05) is 13.1 Å². The zero-order valence-electron chi connectivity index (χ0n) is 8.39. The van der Waals surface area contributed by atoms with Gasteiger partial charge in [-0.15, -0.1) is 0 Å². The Morgan fingerprint density at radius 1 is 1.29 bits per heavy atom. The van der Waals surface area contributed by atoms with E-state index in [4.69, 9.17) is 0 Å². The van der Waals surface area contributed by atoms with Gasteiger partial charge in [0.25, 0.3) is 0 Å². The molecule has 0 aliphatic carbocycles. The quantitative estimate of drug-likeness (QED) is 0.768. The largest absolute Gasteiger partial charge is 0.392 e. The molecule has 2 heteroatoms. The van der Waals surface area contributed by atoms with Gasteiger partial charge >= 0.3 is 0 Å². The maximum absolute atomic E-state index is 9.52. The van der Waals surface area contributed by atoms with Crippen molar-refractivity contribution in [1.82, 2.24) is 4.90 Å². The first kappa shape index (κ1) is 9.69. The van der Waals surface area contributed by atoms with Gasteiger partial charge in [0.2, 0.25) is 0 Å². The van der Waals surface area contributed by atoms with Gasteiger partial charge in [0.05, 0.1) is 6.10 Å². The van der Waals surface area contributed by atoms with Crippen LogP contribution in [0.1, 0.15) is 18.4 Å². The number of nitrogens with zero attached hydrogens (tertiary/aromatic N) is 1. The van der Waals surface area contributed by atoms with Crippen molar-refractivity contribution < 1.29 is 5.11 Å². The van der Waals surface area contributed by atoms with Crippen LogP contribution in [0.3, 0.4) is 0 Å². The highest BCUT2D eigenvalue weighted by atomic mass is 16.3. The Kier molecular flexibility index (Phi) is 3.17. The second kappa shape index (κ2) is 4.58. The predicted molar refractivity (Wildman–Crippen MR) is 57.0 cm³/mol. The number of rotatable bonds is 2. The molecule has 1 N–H and O–H groups in total. The summed E-state index contributed by atoms with van der Waals surface area (Å²) < 4.78 is 0. The molecule has 1 aliphatic rings. The number of β-amino-alcohol motifs (C(OH)–C–C–N with tert-alkyl or cyclic N) is 1. The van der Waals surface area contributed by atoms with E-state index in [0.717, 1.165) is 32.5 Å². The van der Waals surface area contributed by atoms with E-state index < -0.39 is 0 Å². The average molecular weight is 191 g/mol. The molecule has 0 aromatic heterocycles. The molecule has 1 saturated heterocycles. The number of hydrogen-bond donors (Lipinski definition) is 1. The zero-order chi connectivity index (χ0) is 9.80. The minimum atomic E-state index is -0.118. The molecule has 14 heavy (non-hydrogen) atoms. The minimum Gasteiger partial charge on any atom is -0.392 e. The van der Waals surface area contributed by atoms with E-state index in [1.54, 1.807) is 0 Å². The van der Waals surface area contributed by atoms with Gasteiger partial charge in [-0.25, -0.2) is 0 Å². The van der Waals surface area contributed by atoms with E-state index in [2.05, 4.69) is 29.2 Å². The van der Waals surface area contributed by atoms with Crippen LogP contribution in [0.2, 0.25) is 0 Å². The SMILES string of the molecule is O[C@@H]1CCCN(Cc2ccccc2)C1. The van der Waals surface area contributed by atoms with Gasteiger partial charge in [-0.3, -0.25) is 4.90 Å². The molecule has 0 bridgehead atoms. The van der Waals surface area contributed by atoms with Crippen molar-refractivity contribution in [2.45, 2.75) is 25.5 Å². The number of piperidine rings is 1. The summed E-state index contributed by atoms with van der Waals surface area (Å²) in [6.07, 6.45) is 1.96. The first-order valence-electron chi connectivity index (χ1n) is 5.29. The van der Waals surface area contributed by atoms with Gasteiger partial charge in [-0.05, 0) is 24.9 Å². The lowest BCUT2D eigenvalue weighted by Crippen LogP contribution is -2.37. The fourth-order valence-electron chi connectivity index (χ4n) is 2.02. The lowest BCUT2D eigenvalue weighted by atomic mass is 10.1. The maximum Gasteiger partial charge on any atom is 0.0667 e. The Labute approximate surface area is 85.2 Å². The minimum absolute atomic E-state index is 0.118. The molecule has 1 aliphatic heterocycles. The maximum atomic E-state index is 9.52. The number of hydrogen-bond acceptors (Lipinski definition) is 2. The fraction of sp³-hybridized carbons (Fsp3) is 0.500. The van der Waals surface area contributed by atoms with E-state index in [9.17, 15) is 5.11 Å². The molecule has 0 amide bonds. The van der Waals surface area contributed by atoms with Crippen LogP contribution < -0.4 is 0 Å². The number of aliphatic hydroxyl groups excluding tert-OH is 1. The standard InChI is InChI=1S/C12H17NO/c14-12-7-4-8-13(10-12)9-11-5-2-1-3-6-11/h1-3,5-6,12,14H,4,7-10H2/t12-/m1/s1. The van der Waals surface area contributed by atoms with Crippen molar-refractivity contribution in [3.05, 3.63) is 35.9 Å². The van der Waals surface area contributed by atoms with Gasteiger partial charge in [0.15, 0.2) is 0 Å². The predicted octanol–water partition coefficient (Wildman–Crippen LogP) is 1.64. The first-order chi connectivity index (χ1) is 6.84. The third-order valence-corrected chi connectivity index (χ3v) is 2.73. The lowest BCUT2D eigenvalue weighted by molar-refractivity contribution is 0.0668. The molecule has 0 unspecified atom stereocenters. The van der Waals surface area contributed by atoms with Crippen molar-refractivity contribution in [3.8, 4) is 0 Å². The molecule has 1 atom stereocenters. The van der Waals surface area contributed by atoms with E-state index in [1.807, 2.05) is 6.07 Å². The highest BCUT2D eigenvalue weighted by Gasteiger charge is 2.17. The summed E-state index contributed by atoms with van der Waals surface area (Å²) in [4.78, 5) is 2.32. The molecule has 0 radical (unpaired) electrons. The van der Waals surface area contributed by atoms with Crippen LogP contribution in [0.15, 0.2) is 30.3 Å². The highest BCUT2D eigenvalue weighted by Crippen LogP contribution is 2.13. The summed E-state index contributed by atoms with van der Waals surface area (Å²) >= 11 is 0. The van der Waals surface area contributed by atoms with Gasteiger partial charge in [0, 0.05) is 13.1 Å². The Bertz CT molecular complexity index is 273. The normalized spacial score (nSPS) is 23.6. The van der Waals surface area contributed by atoms with E-state index in [-0.39, 0.29) is 6.10 Å². The van der Waals surface area contributed by atoms with E-state index in [1.165, 1.54) is 5.56 Å². The molecule has 2 rings (SSSR count). The van der Waals surface area contributed by atoms with Crippen molar-refractivity contribution in [2.24, 2.45) is 0 Å². The van der Waals surface area contributed by atoms with Crippen LogP contribution in [0, 0.1) is 0 Å². The Morgan fingerprint density at radius 3 is 2.79 bits per heavy atom. The molecule has 0 saturated carbocycles. The fourth-order valence-corrected chi connectivity index (χ4v) is 2.02. The van der Waals surface area contributed by atoms with Crippen molar-refractivity contribution in [3.63, 3.8) is 0 Å².